The Bertz CT molecular complexity index is 646. The highest BCUT2D eigenvalue weighted by Crippen LogP contribution is 2.31. The minimum Gasteiger partial charge on any atom is -0.455 e. The molecule has 22 heavy (non-hydrogen) atoms. The zero-order valence-corrected chi connectivity index (χ0v) is 12.2. The largest absolute Gasteiger partial charge is 0.455 e. The molecule has 0 saturated heterocycles. The van der Waals surface area contributed by atoms with Crippen LogP contribution in [0.1, 0.15) is 18.1 Å². The van der Waals surface area contributed by atoms with Crippen molar-refractivity contribution in [2.45, 2.75) is 13.1 Å². The van der Waals surface area contributed by atoms with Crippen LogP contribution in [0.15, 0.2) is 60.3 Å². The summed E-state index contributed by atoms with van der Waals surface area (Å²) in [5.74, 6) is 0.921. The Labute approximate surface area is 127 Å². The molecule has 116 valence electrons. The summed E-state index contributed by atoms with van der Waals surface area (Å²) in [5.41, 5.74) is 0.927. The van der Waals surface area contributed by atoms with Crippen molar-refractivity contribution in [2.75, 3.05) is 7.05 Å². The van der Waals surface area contributed by atoms with Crippen molar-refractivity contribution < 1.29 is 17.9 Å². The summed E-state index contributed by atoms with van der Waals surface area (Å²) in [5, 5.41) is 2.99. The van der Waals surface area contributed by atoms with Crippen molar-refractivity contribution >= 4 is 5.76 Å². The number of nitrogens with one attached hydrogen (secondary N) is 1. The maximum absolute atomic E-state index is 12.6. The average Bonchev–Trinajstić information content (AvgIpc) is 2.52. The second kappa shape index (κ2) is 6.56. The van der Waals surface area contributed by atoms with Crippen LogP contribution in [0.5, 0.6) is 5.75 Å². The smallest absolute Gasteiger partial charge is 0.416 e. The third kappa shape index (κ3) is 3.81. The van der Waals surface area contributed by atoms with E-state index in [-0.39, 0.29) is 0 Å². The Morgan fingerprint density at radius 3 is 2.05 bits per heavy atom. The van der Waals surface area contributed by atoms with Crippen molar-refractivity contribution in [2.24, 2.45) is 0 Å². The van der Waals surface area contributed by atoms with Crippen molar-refractivity contribution in [3.63, 3.8) is 0 Å². The summed E-state index contributed by atoms with van der Waals surface area (Å²) in [6.07, 6.45) is -4.35. The number of alkyl halides is 3. The van der Waals surface area contributed by atoms with Crippen molar-refractivity contribution in [3.8, 4) is 5.75 Å². The molecular weight excluding hydrogens is 291 g/mol. The number of hydrogen-bond donors (Lipinski definition) is 1. The Balaban J connectivity index is 2.29. The average molecular weight is 307 g/mol. The van der Waals surface area contributed by atoms with Gasteiger partial charge in [0.15, 0.2) is 5.76 Å². The van der Waals surface area contributed by atoms with E-state index in [0.717, 1.165) is 23.4 Å². The van der Waals surface area contributed by atoms with Gasteiger partial charge < -0.3 is 10.1 Å². The fourth-order valence-electron chi connectivity index (χ4n) is 1.88. The summed E-state index contributed by atoms with van der Waals surface area (Å²) in [6, 6.07) is 14.0. The second-order valence-electron chi connectivity index (χ2n) is 4.69. The third-order valence-corrected chi connectivity index (χ3v) is 3.15. The number of hydrogen-bond acceptors (Lipinski definition) is 2. The zero-order valence-electron chi connectivity index (χ0n) is 12.2. The lowest BCUT2D eigenvalue weighted by molar-refractivity contribution is -0.137. The van der Waals surface area contributed by atoms with Gasteiger partial charge in [-0.15, -0.1) is 0 Å². The van der Waals surface area contributed by atoms with Gasteiger partial charge in [-0.25, -0.2) is 0 Å². The molecule has 0 heterocycles. The minimum atomic E-state index is -4.35. The van der Waals surface area contributed by atoms with Gasteiger partial charge in [0.25, 0.3) is 0 Å². The van der Waals surface area contributed by atoms with Crippen molar-refractivity contribution in [1.82, 2.24) is 5.32 Å². The molecule has 2 aromatic carbocycles. The minimum absolute atomic E-state index is 0.349. The van der Waals surface area contributed by atoms with E-state index in [1.807, 2.05) is 37.3 Å². The number of ether oxygens (including phenoxy) is 1. The first-order valence-corrected chi connectivity index (χ1v) is 6.71. The molecule has 2 rings (SSSR count). The molecule has 0 unspecified atom stereocenters. The second-order valence-corrected chi connectivity index (χ2v) is 4.69. The standard InChI is InChI=1S/C17H16F3NO/c1-12(21-2)16(13-6-4-3-5-7-13)22-15-10-8-14(9-11-15)17(18,19)20/h3-11,21H,1-2H3/b16-12-. The van der Waals surface area contributed by atoms with Crippen LogP contribution in [0, 0.1) is 0 Å². The van der Waals surface area contributed by atoms with E-state index < -0.39 is 11.7 Å². The van der Waals surface area contributed by atoms with Crippen molar-refractivity contribution in [1.29, 1.82) is 0 Å². The van der Waals surface area contributed by atoms with Crippen LogP contribution in [0.3, 0.4) is 0 Å². The van der Waals surface area contributed by atoms with E-state index in [0.29, 0.717) is 11.5 Å². The SMILES string of the molecule is CN/C(C)=C(\Oc1ccc(C(F)(F)F)cc1)c1ccccc1. The molecule has 0 aromatic heterocycles. The third-order valence-electron chi connectivity index (χ3n) is 3.15. The Morgan fingerprint density at radius 1 is 0.955 bits per heavy atom. The molecule has 2 aromatic rings. The van der Waals surface area contributed by atoms with Gasteiger partial charge in [0.2, 0.25) is 0 Å². The van der Waals surface area contributed by atoms with Gasteiger partial charge in [-0.2, -0.15) is 13.2 Å². The first-order chi connectivity index (χ1) is 10.4. The molecule has 0 saturated carbocycles. The number of allylic oxidation sites excluding steroid dienone is 1. The number of rotatable bonds is 4. The molecule has 1 N–H and O–H groups in total. The first-order valence-electron chi connectivity index (χ1n) is 6.71. The highest BCUT2D eigenvalue weighted by atomic mass is 19.4. The first kappa shape index (κ1) is 15.9. The van der Waals surface area contributed by atoms with Gasteiger partial charge in [-0.3, -0.25) is 0 Å². The van der Waals surface area contributed by atoms with Gasteiger partial charge in [0, 0.05) is 12.6 Å². The lowest BCUT2D eigenvalue weighted by atomic mass is 10.1. The van der Waals surface area contributed by atoms with Crippen molar-refractivity contribution in [3.05, 3.63) is 71.4 Å². The normalized spacial score (nSPS) is 12.6. The highest BCUT2D eigenvalue weighted by Gasteiger charge is 2.30. The molecule has 0 aliphatic heterocycles. The van der Waals surface area contributed by atoms with Gasteiger partial charge >= 0.3 is 6.18 Å². The molecule has 5 heteroatoms. The van der Waals surface area contributed by atoms with E-state index in [9.17, 15) is 13.2 Å². The van der Waals surface area contributed by atoms with Gasteiger partial charge in [-0.1, -0.05) is 30.3 Å². The Morgan fingerprint density at radius 2 is 1.55 bits per heavy atom. The quantitative estimate of drug-likeness (QED) is 0.827. The summed E-state index contributed by atoms with van der Waals surface area (Å²) in [7, 11) is 1.76. The van der Waals surface area contributed by atoms with Crippen LogP contribution in [0.25, 0.3) is 5.76 Å². The van der Waals surface area contributed by atoms with Gasteiger partial charge in [0.1, 0.15) is 5.75 Å². The molecule has 0 radical (unpaired) electrons. The van der Waals surface area contributed by atoms with Crippen LogP contribution in [0.4, 0.5) is 13.2 Å². The summed E-state index contributed by atoms with van der Waals surface area (Å²) in [6.45, 7) is 1.84. The highest BCUT2D eigenvalue weighted by molar-refractivity contribution is 5.64. The molecule has 0 amide bonds. The molecule has 0 spiro atoms. The summed E-state index contributed by atoms with van der Waals surface area (Å²) >= 11 is 0. The van der Waals surface area contributed by atoms with Crippen LogP contribution in [0.2, 0.25) is 0 Å². The zero-order chi connectivity index (χ0) is 16.2. The lowest BCUT2D eigenvalue weighted by Crippen LogP contribution is -2.09. The predicted molar refractivity (Wildman–Crippen MR) is 80.2 cm³/mol. The molecule has 0 fully saturated rings. The Hall–Kier alpha value is -2.43. The van der Waals surface area contributed by atoms with Gasteiger partial charge in [-0.05, 0) is 31.2 Å². The predicted octanol–water partition coefficient (Wildman–Crippen LogP) is 4.69. The topological polar surface area (TPSA) is 21.3 Å². The van der Waals surface area contributed by atoms with Crippen LogP contribution >= 0.6 is 0 Å². The van der Waals surface area contributed by atoms with E-state index in [4.69, 9.17) is 4.74 Å². The maximum atomic E-state index is 12.6. The van der Waals surface area contributed by atoms with E-state index in [2.05, 4.69) is 5.32 Å². The van der Waals surface area contributed by atoms with E-state index >= 15 is 0 Å². The fourth-order valence-corrected chi connectivity index (χ4v) is 1.88. The molecule has 0 aliphatic carbocycles. The monoisotopic (exact) mass is 307 g/mol. The molecule has 0 aliphatic rings. The molecule has 2 nitrogen and oxygen atoms in total. The summed E-state index contributed by atoms with van der Waals surface area (Å²) in [4.78, 5) is 0. The summed E-state index contributed by atoms with van der Waals surface area (Å²) < 4.78 is 43.5. The maximum Gasteiger partial charge on any atom is 0.416 e. The molecular formula is C17H16F3NO. The number of halogens is 3. The Kier molecular flexibility index (Phi) is 4.75. The lowest BCUT2D eigenvalue weighted by Gasteiger charge is -2.15. The molecule has 0 bridgehead atoms. The van der Waals surface area contributed by atoms with Crippen LogP contribution < -0.4 is 10.1 Å². The van der Waals surface area contributed by atoms with E-state index in [1.165, 1.54) is 12.1 Å². The van der Waals surface area contributed by atoms with Gasteiger partial charge in [0.05, 0.1) is 11.3 Å². The van der Waals surface area contributed by atoms with E-state index in [1.54, 1.807) is 7.05 Å². The van der Waals surface area contributed by atoms with Crippen LogP contribution in [-0.4, -0.2) is 7.05 Å². The fraction of sp³-hybridized carbons (Fsp3) is 0.176. The van der Waals surface area contributed by atoms with Crippen LogP contribution in [-0.2, 0) is 6.18 Å². The number of benzene rings is 2. The molecule has 0 atom stereocenters.